The number of carbonyl (C=O) groups excluding carboxylic acids is 1. The highest BCUT2D eigenvalue weighted by Crippen LogP contribution is 2.47. The average molecular weight is 454 g/mol. The van der Waals surface area contributed by atoms with E-state index in [9.17, 15) is 10.1 Å². The summed E-state index contributed by atoms with van der Waals surface area (Å²) in [5, 5.41) is 15.0. The lowest BCUT2D eigenvalue weighted by atomic mass is 9.99. The molecule has 2 unspecified atom stereocenters. The minimum Gasteiger partial charge on any atom is -0.372 e. The number of morpholine rings is 1. The Morgan fingerprint density at radius 1 is 1.09 bits per heavy atom. The molecule has 1 fully saturated rings. The van der Waals surface area contributed by atoms with Gasteiger partial charge >= 0.3 is 0 Å². The number of nitriles is 1. The molecular formula is C25H23N7O2. The van der Waals surface area contributed by atoms with Gasteiger partial charge in [-0.1, -0.05) is 18.2 Å². The van der Waals surface area contributed by atoms with Crippen LogP contribution in [0.15, 0.2) is 35.3 Å². The third-order valence-electron chi connectivity index (χ3n) is 6.39. The summed E-state index contributed by atoms with van der Waals surface area (Å²) in [5.41, 5.74) is 1.93. The molecule has 0 bridgehead atoms. The number of para-hydroxylation sites is 1. The molecule has 5 heterocycles. The number of carbonyl (C=O) groups is 1. The fraction of sp³-hybridized carbons (Fsp3) is 0.320. The number of aromatic nitrogens is 2. The maximum atomic E-state index is 13.2. The molecule has 34 heavy (non-hydrogen) atoms. The van der Waals surface area contributed by atoms with Gasteiger partial charge in [-0.15, -0.1) is 0 Å². The number of hydrogen-bond donors (Lipinski definition) is 1. The second kappa shape index (κ2) is 7.50. The maximum absolute atomic E-state index is 13.2. The molecule has 1 amide bonds. The normalized spacial score (nSPS) is 21.2. The molecule has 1 saturated heterocycles. The molecule has 6 rings (SSSR count). The summed E-state index contributed by atoms with van der Waals surface area (Å²) in [7, 11) is 0. The third kappa shape index (κ3) is 3.03. The number of anilines is 4. The Morgan fingerprint density at radius 2 is 1.82 bits per heavy atom. The summed E-state index contributed by atoms with van der Waals surface area (Å²) < 4.78 is 5.90. The number of amidine groups is 1. The minimum atomic E-state index is -0.0820. The van der Waals surface area contributed by atoms with Crippen molar-refractivity contribution in [3.8, 4) is 6.07 Å². The van der Waals surface area contributed by atoms with Gasteiger partial charge in [-0.2, -0.15) is 5.26 Å². The second-order valence-corrected chi connectivity index (χ2v) is 8.98. The van der Waals surface area contributed by atoms with Gasteiger partial charge in [-0.25, -0.2) is 15.0 Å². The number of amides is 1. The van der Waals surface area contributed by atoms with Crippen LogP contribution in [0.1, 0.15) is 31.9 Å². The van der Waals surface area contributed by atoms with E-state index in [1.54, 1.807) is 4.90 Å². The fourth-order valence-corrected chi connectivity index (χ4v) is 5.19. The summed E-state index contributed by atoms with van der Waals surface area (Å²) in [4.78, 5) is 31.3. The van der Waals surface area contributed by atoms with Crippen LogP contribution in [-0.4, -0.2) is 47.0 Å². The zero-order valence-corrected chi connectivity index (χ0v) is 19.2. The Kier molecular flexibility index (Phi) is 4.54. The van der Waals surface area contributed by atoms with Crippen molar-refractivity contribution in [2.45, 2.75) is 39.4 Å². The van der Waals surface area contributed by atoms with Gasteiger partial charge in [0, 0.05) is 24.0 Å². The van der Waals surface area contributed by atoms with Crippen LogP contribution in [0, 0.1) is 11.3 Å². The maximum Gasteiger partial charge on any atom is 0.237 e. The molecule has 170 valence electrons. The molecule has 0 saturated carbocycles. The number of nitrogens with zero attached hydrogens (tertiary/aromatic N) is 6. The highest BCUT2D eigenvalue weighted by molar-refractivity contribution is 6.19. The van der Waals surface area contributed by atoms with Crippen molar-refractivity contribution < 1.29 is 9.53 Å². The highest BCUT2D eigenvalue weighted by Gasteiger charge is 2.37. The SMILES string of the molecule is CC1=Nc2nc(N3CC(C)OC(C)C3)c(C#N)c3c4c(nc(c23)N1)N(c1ccccc1)C(=O)C4. The molecule has 2 atom stereocenters. The van der Waals surface area contributed by atoms with Gasteiger partial charge in [0.25, 0.3) is 0 Å². The van der Waals surface area contributed by atoms with Crippen molar-refractivity contribution in [1.29, 1.82) is 5.26 Å². The van der Waals surface area contributed by atoms with Crippen LogP contribution in [0.5, 0.6) is 0 Å². The van der Waals surface area contributed by atoms with E-state index >= 15 is 0 Å². The quantitative estimate of drug-likeness (QED) is 0.629. The summed E-state index contributed by atoms with van der Waals surface area (Å²) >= 11 is 0. The van der Waals surface area contributed by atoms with E-state index in [4.69, 9.17) is 14.7 Å². The number of rotatable bonds is 2. The van der Waals surface area contributed by atoms with Crippen LogP contribution in [0.2, 0.25) is 0 Å². The van der Waals surface area contributed by atoms with Gasteiger partial charge in [0.2, 0.25) is 5.91 Å². The van der Waals surface area contributed by atoms with Gasteiger partial charge in [0.1, 0.15) is 34.9 Å². The van der Waals surface area contributed by atoms with Gasteiger partial charge in [-0.05, 0) is 32.9 Å². The molecule has 3 aliphatic rings. The standard InChI is InChI=1S/C25H23N7O2/c1-13-11-31(12-14(2)34-13)24-18(10-26)20-17-9-19(33)32(16-7-5-4-6-8-16)25(17)30-23-21(20)22(29-24)27-15(3)28-23/h4-8,13-14H,9,11-12H2,1-3H3,(H,27,28,29,30). The molecule has 2 aromatic heterocycles. The van der Waals surface area contributed by atoms with E-state index in [1.165, 1.54) is 0 Å². The first-order valence-electron chi connectivity index (χ1n) is 11.4. The Hall–Kier alpha value is -4.03. The Morgan fingerprint density at radius 3 is 2.53 bits per heavy atom. The first kappa shape index (κ1) is 20.6. The van der Waals surface area contributed by atoms with Crippen molar-refractivity contribution in [2.75, 3.05) is 28.2 Å². The number of hydrogen-bond acceptors (Lipinski definition) is 8. The number of pyridine rings is 2. The lowest BCUT2D eigenvalue weighted by Crippen LogP contribution is -2.46. The molecule has 0 radical (unpaired) electrons. The molecule has 9 nitrogen and oxygen atoms in total. The number of ether oxygens (including phenoxy) is 1. The van der Waals surface area contributed by atoms with Gasteiger partial charge < -0.3 is 15.0 Å². The Balaban J connectivity index is 1.65. The molecule has 3 aromatic rings. The molecule has 3 aliphatic heterocycles. The summed E-state index contributed by atoms with van der Waals surface area (Å²) in [6.07, 6.45) is 0.166. The fourth-order valence-electron chi connectivity index (χ4n) is 5.19. The highest BCUT2D eigenvalue weighted by atomic mass is 16.5. The smallest absolute Gasteiger partial charge is 0.237 e. The zero-order chi connectivity index (χ0) is 23.6. The second-order valence-electron chi connectivity index (χ2n) is 8.98. The van der Waals surface area contributed by atoms with Crippen molar-refractivity contribution in [1.82, 2.24) is 9.97 Å². The number of fused-ring (bicyclic) bond motifs is 2. The summed E-state index contributed by atoms with van der Waals surface area (Å²) in [6, 6.07) is 11.9. The van der Waals surface area contributed by atoms with Crippen molar-refractivity contribution in [3.05, 3.63) is 41.5 Å². The number of nitrogens with one attached hydrogen (secondary N) is 1. The van der Waals surface area contributed by atoms with Crippen LogP contribution in [0.4, 0.5) is 29.0 Å². The first-order valence-corrected chi connectivity index (χ1v) is 11.4. The van der Waals surface area contributed by atoms with E-state index in [0.29, 0.717) is 58.5 Å². The molecule has 1 N–H and O–H groups in total. The van der Waals surface area contributed by atoms with E-state index in [0.717, 1.165) is 11.3 Å². The van der Waals surface area contributed by atoms with E-state index in [2.05, 4.69) is 21.3 Å². The predicted octanol–water partition coefficient (Wildman–Crippen LogP) is 3.81. The van der Waals surface area contributed by atoms with Gasteiger partial charge in [-0.3, -0.25) is 9.69 Å². The molecule has 0 aliphatic carbocycles. The van der Waals surface area contributed by atoms with E-state index in [-0.39, 0.29) is 24.5 Å². The Labute approximate surface area is 196 Å². The summed E-state index contributed by atoms with van der Waals surface area (Å²) in [5.74, 6) is 2.78. The van der Waals surface area contributed by atoms with Crippen LogP contribution in [0.3, 0.4) is 0 Å². The predicted molar refractivity (Wildman–Crippen MR) is 130 cm³/mol. The minimum absolute atomic E-state index is 0.00455. The van der Waals surface area contributed by atoms with E-state index in [1.807, 2.05) is 51.1 Å². The largest absolute Gasteiger partial charge is 0.372 e. The van der Waals surface area contributed by atoms with Crippen molar-refractivity contribution >= 4 is 51.5 Å². The van der Waals surface area contributed by atoms with Crippen molar-refractivity contribution in [2.24, 2.45) is 4.99 Å². The third-order valence-corrected chi connectivity index (χ3v) is 6.39. The lowest BCUT2D eigenvalue weighted by Gasteiger charge is -2.37. The van der Waals surface area contributed by atoms with Crippen LogP contribution < -0.4 is 15.1 Å². The van der Waals surface area contributed by atoms with Crippen LogP contribution in [0.25, 0.3) is 10.8 Å². The molecule has 9 heteroatoms. The Bertz CT molecular complexity index is 1420. The lowest BCUT2D eigenvalue weighted by molar-refractivity contribution is -0.116. The van der Waals surface area contributed by atoms with Crippen molar-refractivity contribution in [3.63, 3.8) is 0 Å². The monoisotopic (exact) mass is 453 g/mol. The first-order chi connectivity index (χ1) is 16.4. The zero-order valence-electron chi connectivity index (χ0n) is 19.2. The molecular weight excluding hydrogens is 430 g/mol. The molecule has 1 aromatic carbocycles. The average Bonchev–Trinajstić information content (AvgIpc) is 3.14. The number of benzene rings is 1. The van der Waals surface area contributed by atoms with Crippen LogP contribution in [-0.2, 0) is 16.0 Å². The number of aliphatic imine (C=N–C) groups is 1. The van der Waals surface area contributed by atoms with E-state index < -0.39 is 0 Å². The topological polar surface area (TPSA) is 107 Å². The van der Waals surface area contributed by atoms with Gasteiger partial charge in [0.05, 0.1) is 29.7 Å². The van der Waals surface area contributed by atoms with Crippen LogP contribution >= 0.6 is 0 Å². The van der Waals surface area contributed by atoms with Gasteiger partial charge in [0.15, 0.2) is 5.82 Å². The molecule has 0 spiro atoms. The summed E-state index contributed by atoms with van der Waals surface area (Å²) in [6.45, 7) is 7.12.